The van der Waals surface area contributed by atoms with Crippen molar-refractivity contribution < 1.29 is 0 Å². The van der Waals surface area contributed by atoms with Gasteiger partial charge in [-0.1, -0.05) is 48.5 Å². The topological polar surface area (TPSA) is 0 Å². The third-order valence-electron chi connectivity index (χ3n) is 1.64. The van der Waals surface area contributed by atoms with Gasteiger partial charge in [-0.3, -0.25) is 0 Å². The molecule has 0 N–H and O–H groups in total. The number of aryl methyl sites for hydroxylation is 1. The van der Waals surface area contributed by atoms with Crippen molar-refractivity contribution in [3.63, 3.8) is 0 Å². The maximum absolute atomic E-state index is 2.35. The van der Waals surface area contributed by atoms with Gasteiger partial charge in [0, 0.05) is 8.80 Å². The van der Waals surface area contributed by atoms with Crippen molar-refractivity contribution in [1.82, 2.24) is 0 Å². The Kier molecular flexibility index (Phi) is 2.89. The molecule has 1 heteroatoms. The van der Waals surface area contributed by atoms with Crippen LogP contribution in [0, 0.1) is 6.92 Å². The summed E-state index contributed by atoms with van der Waals surface area (Å²) in [6.45, 7) is 6.86. The highest BCUT2D eigenvalue weighted by atomic mass is 28.3. The SMILES string of the molecule is Cc1cccc(C[Si](C)C)c1. The van der Waals surface area contributed by atoms with Gasteiger partial charge < -0.3 is 0 Å². The van der Waals surface area contributed by atoms with Crippen LogP contribution in [-0.2, 0) is 6.04 Å². The minimum atomic E-state index is -0.103. The molecule has 1 aromatic rings. The molecule has 0 fully saturated rings. The Morgan fingerprint density at radius 1 is 1.27 bits per heavy atom. The summed E-state index contributed by atoms with van der Waals surface area (Å²) in [5.74, 6) is 0. The fourth-order valence-electron chi connectivity index (χ4n) is 1.23. The second-order valence-electron chi connectivity index (χ2n) is 3.37. The van der Waals surface area contributed by atoms with E-state index in [9.17, 15) is 0 Å². The fourth-order valence-corrected chi connectivity index (χ4v) is 2.27. The number of rotatable bonds is 2. The molecule has 1 radical (unpaired) electrons. The lowest BCUT2D eigenvalue weighted by atomic mass is 10.2. The van der Waals surface area contributed by atoms with Crippen LogP contribution in [0.25, 0.3) is 0 Å². The summed E-state index contributed by atoms with van der Waals surface area (Å²) in [5.41, 5.74) is 2.88. The molecule has 0 heterocycles. The zero-order valence-electron chi connectivity index (χ0n) is 7.52. The predicted octanol–water partition coefficient (Wildman–Crippen LogP) is 2.83. The minimum Gasteiger partial charge on any atom is -0.0710 e. The van der Waals surface area contributed by atoms with E-state index in [0.717, 1.165) is 0 Å². The first-order valence-electron chi connectivity index (χ1n) is 4.03. The van der Waals surface area contributed by atoms with Gasteiger partial charge in [0.05, 0.1) is 0 Å². The van der Waals surface area contributed by atoms with Crippen LogP contribution >= 0.6 is 0 Å². The standard InChI is InChI=1S/C10H15Si/c1-9-5-4-6-10(7-9)8-11(2)3/h4-7H,8H2,1-3H3. The second-order valence-corrected chi connectivity index (χ2v) is 6.14. The van der Waals surface area contributed by atoms with E-state index >= 15 is 0 Å². The Morgan fingerprint density at radius 3 is 2.55 bits per heavy atom. The van der Waals surface area contributed by atoms with Crippen LogP contribution in [0.1, 0.15) is 11.1 Å². The van der Waals surface area contributed by atoms with Crippen molar-refractivity contribution >= 4 is 8.80 Å². The third-order valence-corrected chi connectivity index (χ3v) is 2.76. The van der Waals surface area contributed by atoms with Crippen LogP contribution < -0.4 is 0 Å². The van der Waals surface area contributed by atoms with Gasteiger partial charge in [0.15, 0.2) is 0 Å². The maximum atomic E-state index is 2.35. The molecule has 0 aliphatic carbocycles. The molecule has 0 aromatic heterocycles. The van der Waals surface area contributed by atoms with Crippen LogP contribution in [-0.4, -0.2) is 8.80 Å². The van der Waals surface area contributed by atoms with Crippen LogP contribution in [0.2, 0.25) is 13.1 Å². The first-order chi connectivity index (χ1) is 5.18. The summed E-state index contributed by atoms with van der Waals surface area (Å²) < 4.78 is 0. The van der Waals surface area contributed by atoms with Gasteiger partial charge in [0.1, 0.15) is 0 Å². The first-order valence-corrected chi connectivity index (χ1v) is 6.74. The van der Waals surface area contributed by atoms with Gasteiger partial charge in [0.2, 0.25) is 0 Å². The molecule has 0 nitrogen and oxygen atoms in total. The normalized spacial score (nSPS) is 10.5. The molecule has 0 saturated carbocycles. The molecule has 0 spiro atoms. The summed E-state index contributed by atoms with van der Waals surface area (Å²) in [6, 6.07) is 10.1. The summed E-state index contributed by atoms with van der Waals surface area (Å²) in [4.78, 5) is 0. The lowest BCUT2D eigenvalue weighted by molar-refractivity contribution is 1.31. The van der Waals surface area contributed by atoms with Crippen molar-refractivity contribution in [2.24, 2.45) is 0 Å². The van der Waals surface area contributed by atoms with Gasteiger partial charge in [-0.2, -0.15) is 0 Å². The van der Waals surface area contributed by atoms with Crippen LogP contribution in [0.3, 0.4) is 0 Å². The Morgan fingerprint density at radius 2 is 2.00 bits per heavy atom. The zero-order chi connectivity index (χ0) is 8.27. The molecule has 0 aliphatic heterocycles. The van der Waals surface area contributed by atoms with Gasteiger partial charge >= 0.3 is 0 Å². The average molecular weight is 163 g/mol. The zero-order valence-corrected chi connectivity index (χ0v) is 8.52. The van der Waals surface area contributed by atoms with Gasteiger partial charge in [-0.25, -0.2) is 0 Å². The van der Waals surface area contributed by atoms with Crippen LogP contribution in [0.15, 0.2) is 24.3 Å². The largest absolute Gasteiger partial charge is 0.0710 e. The molecule has 59 valence electrons. The van der Waals surface area contributed by atoms with Gasteiger partial charge in [-0.05, 0) is 13.0 Å². The van der Waals surface area contributed by atoms with Crippen molar-refractivity contribution in [3.05, 3.63) is 35.4 Å². The quantitative estimate of drug-likeness (QED) is 0.588. The number of hydrogen-bond donors (Lipinski definition) is 0. The first kappa shape index (κ1) is 8.53. The summed E-state index contributed by atoms with van der Waals surface area (Å²) >= 11 is 0. The smallest absolute Gasteiger partial charge is 0.0460 e. The molecular weight excluding hydrogens is 148 g/mol. The molecule has 0 aliphatic rings. The molecule has 0 unspecified atom stereocenters. The van der Waals surface area contributed by atoms with Crippen molar-refractivity contribution in [1.29, 1.82) is 0 Å². The Labute approximate surface area is 70.9 Å². The summed E-state index contributed by atoms with van der Waals surface area (Å²) in [5, 5.41) is 0. The van der Waals surface area contributed by atoms with E-state index in [1.54, 1.807) is 0 Å². The van der Waals surface area contributed by atoms with E-state index in [-0.39, 0.29) is 8.80 Å². The second kappa shape index (κ2) is 3.72. The molecule has 0 saturated heterocycles. The highest BCUT2D eigenvalue weighted by Crippen LogP contribution is 2.05. The summed E-state index contributed by atoms with van der Waals surface area (Å²) in [6.07, 6.45) is 0. The van der Waals surface area contributed by atoms with E-state index in [2.05, 4.69) is 44.3 Å². The minimum absolute atomic E-state index is 0.103. The number of benzene rings is 1. The molecule has 1 aromatic carbocycles. The lowest BCUT2D eigenvalue weighted by Crippen LogP contribution is -2.05. The van der Waals surface area contributed by atoms with E-state index in [1.165, 1.54) is 17.2 Å². The molecule has 0 amide bonds. The predicted molar refractivity (Wildman–Crippen MR) is 52.4 cm³/mol. The van der Waals surface area contributed by atoms with Crippen molar-refractivity contribution in [2.75, 3.05) is 0 Å². The molecular formula is C10H15Si. The average Bonchev–Trinajstić information content (AvgIpc) is 1.85. The maximum Gasteiger partial charge on any atom is 0.0460 e. The van der Waals surface area contributed by atoms with Gasteiger partial charge in [-0.15, -0.1) is 0 Å². The van der Waals surface area contributed by atoms with Crippen molar-refractivity contribution in [3.8, 4) is 0 Å². The Balaban J connectivity index is 2.71. The molecule has 11 heavy (non-hydrogen) atoms. The molecule has 1 rings (SSSR count). The highest BCUT2D eigenvalue weighted by molar-refractivity contribution is 6.55. The van der Waals surface area contributed by atoms with E-state index in [1.807, 2.05) is 0 Å². The Bertz CT molecular complexity index is 228. The monoisotopic (exact) mass is 163 g/mol. The fraction of sp³-hybridized carbons (Fsp3) is 0.400. The third kappa shape index (κ3) is 2.89. The van der Waals surface area contributed by atoms with Crippen LogP contribution in [0.5, 0.6) is 0 Å². The highest BCUT2D eigenvalue weighted by Gasteiger charge is 1.97. The Hall–Kier alpha value is -0.563. The summed E-state index contributed by atoms with van der Waals surface area (Å²) in [7, 11) is -0.103. The number of hydrogen-bond acceptors (Lipinski definition) is 0. The van der Waals surface area contributed by atoms with E-state index in [0.29, 0.717) is 0 Å². The van der Waals surface area contributed by atoms with Crippen molar-refractivity contribution in [2.45, 2.75) is 26.1 Å². The van der Waals surface area contributed by atoms with Gasteiger partial charge in [0.25, 0.3) is 0 Å². The van der Waals surface area contributed by atoms with Crippen LogP contribution in [0.4, 0.5) is 0 Å². The van der Waals surface area contributed by atoms with E-state index in [4.69, 9.17) is 0 Å². The molecule has 0 bridgehead atoms. The molecule has 0 atom stereocenters. The lowest BCUT2D eigenvalue weighted by Gasteiger charge is -2.03. The van der Waals surface area contributed by atoms with E-state index < -0.39 is 0 Å².